The molecule has 0 unspecified atom stereocenters. The van der Waals surface area contributed by atoms with E-state index in [0.717, 1.165) is 42.0 Å². The molecule has 0 saturated heterocycles. The molecule has 0 bridgehead atoms. The van der Waals surface area contributed by atoms with Crippen LogP contribution in [-0.4, -0.2) is 39.3 Å². The highest BCUT2D eigenvalue weighted by molar-refractivity contribution is 5.97. The number of fused-ring (bicyclic) bond motifs is 6. The van der Waals surface area contributed by atoms with Crippen LogP contribution < -0.4 is 14.2 Å². The fraction of sp³-hybridized carbons (Fsp3) is 0.326. The maximum absolute atomic E-state index is 13.8. The second kappa shape index (κ2) is 15.0. The molecule has 7 rings (SSSR count). The molecule has 5 aromatic rings. The number of carbonyl (C=O) groups excluding carboxylic acids is 3. The maximum Gasteiger partial charge on any atom is 0.340 e. The van der Waals surface area contributed by atoms with Gasteiger partial charge in [-0.25, -0.2) is 4.79 Å². The van der Waals surface area contributed by atoms with Gasteiger partial charge in [0.05, 0.1) is 27.8 Å². The van der Waals surface area contributed by atoms with Crippen LogP contribution in [0.1, 0.15) is 97.7 Å². The SMILES string of the molecule is Cc1cccc(CN(CCCc2ccc3c(c2)C2(OC3=O)c3ccc(OC(=O)C(C)(C)C)cc3Oc3cc(OC(=O)C(C)(C)C)ccc32)Cc2ccccn2)n1. The molecule has 56 heavy (non-hydrogen) atoms. The quantitative estimate of drug-likeness (QED) is 0.101. The molecular weight excluding hydrogens is 707 g/mol. The molecule has 2 aromatic heterocycles. The topological polar surface area (TPSA) is 117 Å². The number of ether oxygens (including phenoxy) is 4. The lowest BCUT2D eigenvalue weighted by molar-refractivity contribution is -0.143. The van der Waals surface area contributed by atoms with Crippen molar-refractivity contribution in [1.29, 1.82) is 0 Å². The molecule has 0 amide bonds. The number of esters is 3. The van der Waals surface area contributed by atoms with Gasteiger partial charge >= 0.3 is 17.9 Å². The fourth-order valence-corrected chi connectivity index (χ4v) is 6.89. The normalized spacial score (nSPS) is 14.0. The van der Waals surface area contributed by atoms with Gasteiger partial charge < -0.3 is 18.9 Å². The Morgan fingerprint density at radius 1 is 0.732 bits per heavy atom. The zero-order chi connectivity index (χ0) is 39.8. The van der Waals surface area contributed by atoms with Gasteiger partial charge in [-0.15, -0.1) is 0 Å². The van der Waals surface area contributed by atoms with Crippen LogP contribution in [-0.2, 0) is 39.4 Å². The van der Waals surface area contributed by atoms with Crippen LogP contribution in [0.15, 0.2) is 97.2 Å². The highest BCUT2D eigenvalue weighted by Gasteiger charge is 2.54. The lowest BCUT2D eigenvalue weighted by Crippen LogP contribution is -2.33. The fourth-order valence-electron chi connectivity index (χ4n) is 6.89. The Bertz CT molecular complexity index is 2230. The summed E-state index contributed by atoms with van der Waals surface area (Å²) in [5.74, 6) is -0.0245. The summed E-state index contributed by atoms with van der Waals surface area (Å²) in [4.78, 5) is 51.1. The van der Waals surface area contributed by atoms with Crippen molar-refractivity contribution in [2.75, 3.05) is 6.54 Å². The highest BCUT2D eigenvalue weighted by atomic mass is 16.6. The first-order valence-electron chi connectivity index (χ1n) is 18.9. The van der Waals surface area contributed by atoms with Gasteiger partial charge in [0.2, 0.25) is 0 Å². The number of carbonyl (C=O) groups is 3. The Labute approximate surface area is 327 Å². The minimum Gasteiger partial charge on any atom is -0.456 e. The first kappa shape index (κ1) is 38.4. The standard InChI is InChI=1S/C46H47N3O7/c1-29-12-10-15-32(48-29)28-49(27-31-14-8-9-22-47-31)23-11-13-30-16-19-35-38(24-30)46(56-41(35)50)36-20-17-33(53-42(51)44(2,3)4)25-39(36)55-40-26-34(18-21-37(40)46)54-43(52)45(5,6)7/h8-10,12,14-22,24-26H,11,13,23,27-28H2,1-7H3. The number of hydrogen-bond donors (Lipinski definition) is 0. The summed E-state index contributed by atoms with van der Waals surface area (Å²) in [5, 5.41) is 0. The number of rotatable bonds is 10. The van der Waals surface area contributed by atoms with E-state index in [4.69, 9.17) is 23.9 Å². The summed E-state index contributed by atoms with van der Waals surface area (Å²) in [6.45, 7) is 14.8. The van der Waals surface area contributed by atoms with Crippen LogP contribution in [0.3, 0.4) is 0 Å². The molecule has 0 atom stereocenters. The highest BCUT2D eigenvalue weighted by Crippen LogP contribution is 2.57. The van der Waals surface area contributed by atoms with Gasteiger partial charge in [0.15, 0.2) is 5.60 Å². The molecule has 10 heteroatoms. The number of pyridine rings is 2. The van der Waals surface area contributed by atoms with Crippen LogP contribution in [0.5, 0.6) is 23.0 Å². The van der Waals surface area contributed by atoms with E-state index in [1.54, 1.807) is 77.9 Å². The minimum atomic E-state index is -1.38. The molecule has 10 nitrogen and oxygen atoms in total. The molecule has 0 aliphatic carbocycles. The van der Waals surface area contributed by atoms with Crippen molar-refractivity contribution < 1.29 is 33.3 Å². The van der Waals surface area contributed by atoms with E-state index in [2.05, 4.69) is 9.88 Å². The zero-order valence-electron chi connectivity index (χ0n) is 33.0. The number of benzene rings is 3. The van der Waals surface area contributed by atoms with Crippen molar-refractivity contribution in [3.63, 3.8) is 0 Å². The van der Waals surface area contributed by atoms with E-state index in [1.807, 2.05) is 67.7 Å². The van der Waals surface area contributed by atoms with Gasteiger partial charge in [0.25, 0.3) is 0 Å². The van der Waals surface area contributed by atoms with Crippen molar-refractivity contribution in [2.24, 2.45) is 10.8 Å². The maximum atomic E-state index is 13.8. The molecule has 0 radical (unpaired) electrons. The van der Waals surface area contributed by atoms with Crippen LogP contribution in [0, 0.1) is 17.8 Å². The van der Waals surface area contributed by atoms with Gasteiger partial charge in [-0.3, -0.25) is 24.5 Å². The van der Waals surface area contributed by atoms with Crippen LogP contribution in [0.25, 0.3) is 0 Å². The lowest BCUT2D eigenvalue weighted by atomic mass is 9.77. The Morgan fingerprint density at radius 2 is 1.36 bits per heavy atom. The van der Waals surface area contributed by atoms with Crippen molar-refractivity contribution in [1.82, 2.24) is 14.9 Å². The molecule has 0 saturated carbocycles. The van der Waals surface area contributed by atoms with E-state index in [0.29, 0.717) is 46.8 Å². The third-order valence-electron chi connectivity index (χ3n) is 9.84. The van der Waals surface area contributed by atoms with Crippen LogP contribution in [0.4, 0.5) is 0 Å². The first-order valence-corrected chi connectivity index (χ1v) is 18.9. The summed E-state index contributed by atoms with van der Waals surface area (Å²) in [7, 11) is 0. The van der Waals surface area contributed by atoms with Crippen molar-refractivity contribution in [2.45, 2.75) is 80.0 Å². The molecule has 3 aromatic carbocycles. The van der Waals surface area contributed by atoms with Gasteiger partial charge in [-0.05, 0) is 128 Å². The third-order valence-corrected chi connectivity index (χ3v) is 9.84. The Hall–Kier alpha value is -5.87. The molecule has 4 heterocycles. The molecule has 1 spiro atoms. The summed E-state index contributed by atoms with van der Waals surface area (Å²) < 4.78 is 24.4. The largest absolute Gasteiger partial charge is 0.456 e. The first-order chi connectivity index (χ1) is 26.6. The van der Waals surface area contributed by atoms with Gasteiger partial charge in [0, 0.05) is 53.8 Å². The molecule has 0 fully saturated rings. The van der Waals surface area contributed by atoms with Crippen molar-refractivity contribution >= 4 is 17.9 Å². The molecular formula is C46H47N3O7. The number of hydrogen-bond acceptors (Lipinski definition) is 10. The average Bonchev–Trinajstić information content (AvgIpc) is 3.42. The summed E-state index contributed by atoms with van der Waals surface area (Å²) in [6, 6.07) is 28.1. The summed E-state index contributed by atoms with van der Waals surface area (Å²) in [6.07, 6.45) is 3.38. The predicted octanol–water partition coefficient (Wildman–Crippen LogP) is 8.89. The Kier molecular flexibility index (Phi) is 10.3. The van der Waals surface area contributed by atoms with Crippen molar-refractivity contribution in [3.05, 3.63) is 142 Å². The molecule has 2 aliphatic rings. The Morgan fingerprint density at radius 3 is 1.95 bits per heavy atom. The number of aromatic nitrogens is 2. The monoisotopic (exact) mass is 753 g/mol. The second-order valence-electron chi connectivity index (χ2n) is 16.6. The van der Waals surface area contributed by atoms with Gasteiger partial charge in [-0.1, -0.05) is 24.3 Å². The average molecular weight is 754 g/mol. The molecule has 2 aliphatic heterocycles. The van der Waals surface area contributed by atoms with E-state index in [9.17, 15) is 14.4 Å². The number of aryl methyl sites for hydroxylation is 2. The van der Waals surface area contributed by atoms with Gasteiger partial charge in [0.1, 0.15) is 23.0 Å². The van der Waals surface area contributed by atoms with E-state index >= 15 is 0 Å². The lowest BCUT2D eigenvalue weighted by Gasteiger charge is -2.37. The van der Waals surface area contributed by atoms with E-state index in [1.165, 1.54) is 0 Å². The Balaban J connectivity index is 1.23. The predicted molar refractivity (Wildman–Crippen MR) is 211 cm³/mol. The molecule has 288 valence electrons. The van der Waals surface area contributed by atoms with E-state index in [-0.39, 0.29) is 11.5 Å². The second-order valence-corrected chi connectivity index (χ2v) is 16.6. The van der Waals surface area contributed by atoms with Crippen LogP contribution in [0.2, 0.25) is 0 Å². The smallest absolute Gasteiger partial charge is 0.340 e. The number of nitrogens with zero attached hydrogens (tertiary/aromatic N) is 3. The summed E-state index contributed by atoms with van der Waals surface area (Å²) >= 11 is 0. The van der Waals surface area contributed by atoms with E-state index < -0.39 is 34.3 Å². The van der Waals surface area contributed by atoms with Gasteiger partial charge in [-0.2, -0.15) is 0 Å². The van der Waals surface area contributed by atoms with Crippen LogP contribution >= 0.6 is 0 Å². The third kappa shape index (κ3) is 7.93. The summed E-state index contributed by atoms with van der Waals surface area (Å²) in [5.41, 5.74) is 3.43. The zero-order valence-corrected chi connectivity index (χ0v) is 33.0. The molecule has 0 N–H and O–H groups in total. The van der Waals surface area contributed by atoms with Crippen molar-refractivity contribution in [3.8, 4) is 23.0 Å². The minimum absolute atomic E-state index is 0.284.